The number of sulfonamides is 1. The number of esters is 1. The summed E-state index contributed by atoms with van der Waals surface area (Å²) in [4.78, 5) is 12.1. The van der Waals surface area contributed by atoms with Crippen LogP contribution >= 0.6 is 23.1 Å². The molecule has 1 N–H and O–H groups in total. The molecule has 9 heteroatoms. The van der Waals surface area contributed by atoms with Crippen molar-refractivity contribution in [2.24, 2.45) is 0 Å². The number of thiophene rings is 1. The van der Waals surface area contributed by atoms with Gasteiger partial charge in [0.15, 0.2) is 0 Å². The molecule has 1 aromatic heterocycles. The molecule has 1 aliphatic heterocycles. The average molecular weight is 476 g/mol. The van der Waals surface area contributed by atoms with Gasteiger partial charge in [-0.25, -0.2) is 17.9 Å². The lowest BCUT2D eigenvalue weighted by Crippen LogP contribution is -2.25. The summed E-state index contributed by atoms with van der Waals surface area (Å²) in [7, 11) is -2.15. The molecule has 0 amide bonds. The highest BCUT2D eigenvalue weighted by molar-refractivity contribution is 7.99. The van der Waals surface area contributed by atoms with Gasteiger partial charge in [0.1, 0.15) is 16.6 Å². The Balaban J connectivity index is 1.57. The summed E-state index contributed by atoms with van der Waals surface area (Å²) >= 11 is 2.80. The number of methoxy groups -OCH3 is 1. The van der Waals surface area contributed by atoms with Crippen LogP contribution in [-0.2, 0) is 21.4 Å². The van der Waals surface area contributed by atoms with E-state index < -0.39 is 16.0 Å². The lowest BCUT2D eigenvalue weighted by Gasteiger charge is -2.19. The number of carbonyl (C=O) groups excluding carboxylic acids is 1. The van der Waals surface area contributed by atoms with Gasteiger partial charge in [0.25, 0.3) is 0 Å². The topological polar surface area (TPSA) is 81.7 Å². The predicted molar refractivity (Wildman–Crippen MR) is 122 cm³/mol. The first-order chi connectivity index (χ1) is 15.0. The summed E-state index contributed by atoms with van der Waals surface area (Å²) < 4.78 is 38.6. The van der Waals surface area contributed by atoms with E-state index in [1.54, 1.807) is 47.5 Å². The third-order valence-corrected chi connectivity index (χ3v) is 9.01. The Labute approximate surface area is 189 Å². The van der Waals surface area contributed by atoms with Crippen molar-refractivity contribution in [3.63, 3.8) is 0 Å². The van der Waals surface area contributed by atoms with Gasteiger partial charge >= 0.3 is 5.97 Å². The number of hydrogen-bond donors (Lipinski definition) is 1. The van der Waals surface area contributed by atoms with Gasteiger partial charge in [-0.2, -0.15) is 0 Å². The number of ether oxygens (including phenoxy) is 2. The second kappa shape index (κ2) is 9.44. The molecule has 1 atom stereocenters. The number of nitrogens with one attached hydrogen (secondary N) is 1. The highest BCUT2D eigenvalue weighted by Gasteiger charge is 2.26. The number of benzene rings is 2. The van der Waals surface area contributed by atoms with E-state index in [-0.39, 0.29) is 11.8 Å². The molecule has 1 aliphatic rings. The van der Waals surface area contributed by atoms with Gasteiger partial charge in [0.2, 0.25) is 10.0 Å². The average Bonchev–Trinajstić information content (AvgIpc) is 3.29. The zero-order chi connectivity index (χ0) is 21.8. The minimum Gasteiger partial charge on any atom is -0.489 e. The first-order valence-corrected chi connectivity index (χ1v) is 13.0. The second-order valence-electron chi connectivity index (χ2n) is 6.81. The summed E-state index contributed by atoms with van der Waals surface area (Å²) in [6.07, 6.45) is 0. The van der Waals surface area contributed by atoms with E-state index in [0.29, 0.717) is 27.9 Å². The number of rotatable bonds is 7. The minimum atomic E-state index is -3.50. The fourth-order valence-corrected chi connectivity index (χ4v) is 6.82. The Morgan fingerprint density at radius 1 is 1.19 bits per heavy atom. The minimum absolute atomic E-state index is 0.107. The zero-order valence-corrected chi connectivity index (χ0v) is 19.2. The third-order valence-electron chi connectivity index (χ3n) is 4.87. The van der Waals surface area contributed by atoms with Crippen molar-refractivity contribution in [3.8, 4) is 5.75 Å². The van der Waals surface area contributed by atoms with Crippen LogP contribution in [0.4, 0.5) is 0 Å². The van der Waals surface area contributed by atoms with Crippen molar-refractivity contribution in [1.29, 1.82) is 0 Å². The van der Waals surface area contributed by atoms with E-state index in [0.717, 1.165) is 16.7 Å². The van der Waals surface area contributed by atoms with E-state index >= 15 is 0 Å². The number of thioether (sulfide) groups is 1. The van der Waals surface area contributed by atoms with Crippen molar-refractivity contribution in [1.82, 2.24) is 4.72 Å². The van der Waals surface area contributed by atoms with E-state index in [9.17, 15) is 13.2 Å². The summed E-state index contributed by atoms with van der Waals surface area (Å²) in [6, 6.07) is 16.6. The Hall–Kier alpha value is -2.33. The van der Waals surface area contributed by atoms with Gasteiger partial charge in [-0.1, -0.05) is 30.3 Å². The van der Waals surface area contributed by atoms with Crippen LogP contribution in [0.1, 0.15) is 32.3 Å². The van der Waals surface area contributed by atoms with Crippen LogP contribution in [0.5, 0.6) is 5.75 Å². The molecule has 4 rings (SSSR count). The molecule has 0 fully saturated rings. The molecule has 0 radical (unpaired) electrons. The van der Waals surface area contributed by atoms with E-state index in [2.05, 4.69) is 4.72 Å². The van der Waals surface area contributed by atoms with Gasteiger partial charge in [-0.15, -0.1) is 23.1 Å². The molecule has 0 saturated heterocycles. The molecule has 162 valence electrons. The molecular formula is C22H21NO5S3. The van der Waals surface area contributed by atoms with E-state index in [1.807, 2.05) is 24.3 Å². The molecular weight excluding hydrogens is 454 g/mol. The number of hydrogen-bond acceptors (Lipinski definition) is 7. The molecule has 0 saturated carbocycles. The first kappa shape index (κ1) is 21.9. The molecule has 1 unspecified atom stereocenters. The standard InChI is InChI=1S/C22H21NO5S3/c1-27-22(24)15-8-9-19-18(13-15)21(17-6-3-2-5-16(17)14-28-19)30-12-10-23-31(25,26)20-7-4-11-29-20/h2-9,11,13,21,23H,10,12,14H2,1H3. The lowest BCUT2D eigenvalue weighted by atomic mass is 9.98. The fraction of sp³-hybridized carbons (Fsp3) is 0.227. The zero-order valence-electron chi connectivity index (χ0n) is 16.7. The molecule has 0 aliphatic carbocycles. The van der Waals surface area contributed by atoms with Gasteiger partial charge in [-0.3, -0.25) is 0 Å². The highest BCUT2D eigenvalue weighted by atomic mass is 32.2. The van der Waals surface area contributed by atoms with Crippen molar-refractivity contribution in [2.75, 3.05) is 19.4 Å². The van der Waals surface area contributed by atoms with Crippen LogP contribution in [-0.4, -0.2) is 33.8 Å². The Bertz CT molecular complexity index is 1180. The summed E-state index contributed by atoms with van der Waals surface area (Å²) in [5, 5.41) is 1.63. The van der Waals surface area contributed by atoms with E-state index in [1.165, 1.54) is 18.4 Å². The van der Waals surface area contributed by atoms with Gasteiger partial charge in [-0.05, 0) is 40.8 Å². The summed E-state index contributed by atoms with van der Waals surface area (Å²) in [5.74, 6) is 0.846. The number of fused-ring (bicyclic) bond motifs is 2. The molecule has 3 aromatic rings. The first-order valence-electron chi connectivity index (χ1n) is 9.57. The van der Waals surface area contributed by atoms with Gasteiger partial charge in [0.05, 0.1) is 17.9 Å². The monoisotopic (exact) mass is 475 g/mol. The smallest absolute Gasteiger partial charge is 0.337 e. The fourth-order valence-electron chi connectivity index (χ4n) is 3.39. The molecule has 2 aromatic carbocycles. The number of carbonyl (C=O) groups is 1. The van der Waals surface area contributed by atoms with Crippen molar-refractivity contribution >= 4 is 39.1 Å². The van der Waals surface area contributed by atoms with Crippen LogP contribution in [0, 0.1) is 0 Å². The van der Waals surface area contributed by atoms with Crippen molar-refractivity contribution < 1.29 is 22.7 Å². The van der Waals surface area contributed by atoms with Crippen LogP contribution in [0.15, 0.2) is 64.2 Å². The quantitative estimate of drug-likeness (QED) is 0.407. The van der Waals surface area contributed by atoms with Crippen LogP contribution in [0.2, 0.25) is 0 Å². The highest BCUT2D eigenvalue weighted by Crippen LogP contribution is 2.44. The molecule has 2 heterocycles. The Kier molecular flexibility index (Phi) is 6.66. The van der Waals surface area contributed by atoms with Crippen LogP contribution in [0.3, 0.4) is 0 Å². The lowest BCUT2D eigenvalue weighted by molar-refractivity contribution is 0.0600. The Morgan fingerprint density at radius 2 is 2.03 bits per heavy atom. The maximum Gasteiger partial charge on any atom is 0.337 e. The van der Waals surface area contributed by atoms with Crippen molar-refractivity contribution in [3.05, 3.63) is 82.2 Å². The molecule has 0 spiro atoms. The van der Waals surface area contributed by atoms with Gasteiger partial charge < -0.3 is 9.47 Å². The summed E-state index contributed by atoms with van der Waals surface area (Å²) in [6.45, 7) is 0.721. The van der Waals surface area contributed by atoms with Gasteiger partial charge in [0, 0.05) is 17.9 Å². The maximum atomic E-state index is 12.4. The molecule has 0 bridgehead atoms. The van der Waals surface area contributed by atoms with E-state index in [4.69, 9.17) is 9.47 Å². The largest absolute Gasteiger partial charge is 0.489 e. The third kappa shape index (κ3) is 4.79. The second-order valence-corrected chi connectivity index (χ2v) is 11.0. The maximum absolute atomic E-state index is 12.4. The SMILES string of the molecule is COC(=O)c1ccc2c(c1)C(SCCNS(=O)(=O)c1cccs1)c1ccccc1CO2. The van der Waals surface area contributed by atoms with Crippen LogP contribution in [0.25, 0.3) is 0 Å². The molecule has 31 heavy (non-hydrogen) atoms. The Morgan fingerprint density at radius 3 is 2.81 bits per heavy atom. The molecule has 6 nitrogen and oxygen atoms in total. The van der Waals surface area contributed by atoms with Crippen LogP contribution < -0.4 is 9.46 Å². The summed E-state index contributed by atoms with van der Waals surface area (Å²) in [5.41, 5.74) is 3.48. The van der Waals surface area contributed by atoms with Crippen molar-refractivity contribution in [2.45, 2.75) is 16.1 Å². The normalized spacial score (nSPS) is 15.3. The predicted octanol–water partition coefficient (Wildman–Crippen LogP) is 4.23.